The van der Waals surface area contributed by atoms with Crippen LogP contribution in [0.2, 0.25) is 0 Å². The van der Waals surface area contributed by atoms with Crippen LogP contribution in [0.1, 0.15) is 27.2 Å². The molecule has 0 aliphatic heterocycles. The molecule has 0 radical (unpaired) electrons. The van der Waals surface area contributed by atoms with Crippen molar-refractivity contribution in [2.24, 2.45) is 0 Å². The molecular weight excluding hydrogens is 262 g/mol. The van der Waals surface area contributed by atoms with Gasteiger partial charge in [0.05, 0.1) is 16.5 Å². The Balaban J connectivity index is 3.76. The maximum absolute atomic E-state index is 11.3. The van der Waals surface area contributed by atoms with E-state index in [1.54, 1.807) is 20.8 Å². The van der Waals surface area contributed by atoms with Gasteiger partial charge in [0.15, 0.2) is 0 Å². The number of amides is 1. The van der Waals surface area contributed by atoms with Gasteiger partial charge >= 0.3 is 5.97 Å². The van der Waals surface area contributed by atoms with E-state index in [4.69, 9.17) is 4.74 Å². The number of nitrogens with one attached hydrogen (secondary N) is 1. The average Bonchev–Trinajstić information content (AvgIpc) is 2.00. The predicted octanol–water partition coefficient (Wildman–Crippen LogP) is 1.74. The molecule has 86 valence electrons. The van der Waals surface area contributed by atoms with E-state index in [0.29, 0.717) is 5.76 Å². The van der Waals surface area contributed by atoms with Crippen LogP contribution < -0.4 is 5.32 Å². The van der Waals surface area contributed by atoms with E-state index in [1.807, 2.05) is 0 Å². The molecule has 0 aromatic rings. The molecule has 0 unspecified atom stereocenters. The Hall–Kier alpha value is -0.840. The molecule has 0 aromatic carbocycles. The lowest BCUT2D eigenvalue weighted by Gasteiger charge is -2.15. The van der Waals surface area contributed by atoms with Crippen LogP contribution in [0.15, 0.2) is 12.3 Å². The van der Waals surface area contributed by atoms with Gasteiger partial charge in [0.25, 0.3) is 0 Å². The number of ether oxygens (including phenoxy) is 1. The number of alkyl halides is 1. The highest BCUT2D eigenvalue weighted by Gasteiger charge is 2.22. The number of hydrogen-bond donors (Lipinski definition) is 1. The van der Waals surface area contributed by atoms with Gasteiger partial charge < -0.3 is 10.1 Å². The third-order valence-electron chi connectivity index (χ3n) is 1.44. The zero-order valence-electron chi connectivity index (χ0n) is 9.22. The van der Waals surface area contributed by atoms with Gasteiger partial charge in [-0.2, -0.15) is 0 Å². The molecule has 5 heteroatoms. The number of esters is 1. The number of carbonyl (C=O) groups is 2. The van der Waals surface area contributed by atoms with Crippen LogP contribution in [-0.4, -0.2) is 22.7 Å². The lowest BCUT2D eigenvalue weighted by molar-refractivity contribution is -0.139. The second-order valence-electron chi connectivity index (χ2n) is 3.65. The number of halogens is 1. The first kappa shape index (κ1) is 14.2. The van der Waals surface area contributed by atoms with E-state index >= 15 is 0 Å². The Kier molecular flexibility index (Phi) is 5.57. The molecular formula is C10H16BrNO3. The highest BCUT2D eigenvalue weighted by molar-refractivity contribution is 9.10. The summed E-state index contributed by atoms with van der Waals surface area (Å²) < 4.78 is 4.10. The van der Waals surface area contributed by atoms with E-state index in [0.717, 1.165) is 0 Å². The molecule has 4 nitrogen and oxygen atoms in total. The molecule has 0 aliphatic carbocycles. The lowest BCUT2D eigenvalue weighted by atomic mass is 10.2. The first-order valence-electron chi connectivity index (χ1n) is 4.57. The van der Waals surface area contributed by atoms with Gasteiger partial charge in [0, 0.05) is 6.54 Å². The SMILES string of the molecule is C=C(C)OC(=O)CCNC(=O)C(C)(C)Br. The zero-order chi connectivity index (χ0) is 12.1. The minimum absolute atomic E-state index is 0.141. The lowest BCUT2D eigenvalue weighted by Crippen LogP contribution is -2.38. The number of rotatable bonds is 5. The molecule has 0 spiro atoms. The second kappa shape index (κ2) is 5.90. The molecule has 1 amide bonds. The summed E-state index contributed by atoms with van der Waals surface area (Å²) >= 11 is 3.21. The van der Waals surface area contributed by atoms with E-state index < -0.39 is 10.3 Å². The predicted molar refractivity (Wildman–Crippen MR) is 61.5 cm³/mol. The Morgan fingerprint density at radius 2 is 2.00 bits per heavy atom. The van der Waals surface area contributed by atoms with Crippen molar-refractivity contribution in [2.45, 2.75) is 31.5 Å². The van der Waals surface area contributed by atoms with Gasteiger partial charge in [-0.05, 0) is 20.8 Å². The molecule has 0 saturated heterocycles. The molecule has 0 aromatic heterocycles. The highest BCUT2D eigenvalue weighted by atomic mass is 79.9. The van der Waals surface area contributed by atoms with Crippen molar-refractivity contribution < 1.29 is 14.3 Å². The van der Waals surface area contributed by atoms with Crippen molar-refractivity contribution in [3.63, 3.8) is 0 Å². The third-order valence-corrected chi connectivity index (χ3v) is 1.80. The standard InChI is InChI=1S/C10H16BrNO3/c1-7(2)15-8(13)5-6-12-9(14)10(3,4)11/h1,5-6H2,2-4H3,(H,12,14). The van der Waals surface area contributed by atoms with Crippen molar-refractivity contribution in [3.05, 3.63) is 12.3 Å². The van der Waals surface area contributed by atoms with Crippen molar-refractivity contribution in [1.29, 1.82) is 0 Å². The monoisotopic (exact) mass is 277 g/mol. The number of carbonyl (C=O) groups excluding carboxylic acids is 2. The van der Waals surface area contributed by atoms with Gasteiger partial charge in [0.2, 0.25) is 5.91 Å². The first-order valence-corrected chi connectivity index (χ1v) is 5.36. The van der Waals surface area contributed by atoms with Gasteiger partial charge in [-0.15, -0.1) is 0 Å². The van der Waals surface area contributed by atoms with E-state index in [1.165, 1.54) is 0 Å². The van der Waals surface area contributed by atoms with Crippen LogP contribution in [0.4, 0.5) is 0 Å². The fraction of sp³-hybridized carbons (Fsp3) is 0.600. The molecule has 0 saturated carbocycles. The van der Waals surface area contributed by atoms with Gasteiger partial charge in [-0.3, -0.25) is 9.59 Å². The highest BCUT2D eigenvalue weighted by Crippen LogP contribution is 2.14. The quantitative estimate of drug-likeness (QED) is 0.473. The maximum atomic E-state index is 11.3. The summed E-state index contributed by atoms with van der Waals surface area (Å²) in [6, 6.07) is 0. The van der Waals surface area contributed by atoms with Crippen LogP contribution in [0.3, 0.4) is 0 Å². The number of allylic oxidation sites excluding steroid dienone is 1. The molecule has 15 heavy (non-hydrogen) atoms. The summed E-state index contributed by atoms with van der Waals surface area (Å²) in [5.41, 5.74) is 0. The Bertz CT molecular complexity index is 268. The molecule has 0 rings (SSSR count). The summed E-state index contributed by atoms with van der Waals surface area (Å²) in [7, 11) is 0. The average molecular weight is 278 g/mol. The van der Waals surface area contributed by atoms with Crippen molar-refractivity contribution in [2.75, 3.05) is 6.54 Å². The normalized spacial score (nSPS) is 10.7. The van der Waals surface area contributed by atoms with E-state index in [9.17, 15) is 9.59 Å². The molecule has 0 atom stereocenters. The van der Waals surface area contributed by atoms with Gasteiger partial charge in [-0.25, -0.2) is 0 Å². The molecule has 0 aliphatic rings. The zero-order valence-corrected chi connectivity index (χ0v) is 10.8. The summed E-state index contributed by atoms with van der Waals surface area (Å²) in [6.07, 6.45) is 0.141. The van der Waals surface area contributed by atoms with Crippen molar-refractivity contribution in [3.8, 4) is 0 Å². The minimum Gasteiger partial charge on any atom is -0.432 e. The fourth-order valence-electron chi connectivity index (χ4n) is 0.734. The molecule has 1 N–H and O–H groups in total. The second-order valence-corrected chi connectivity index (χ2v) is 5.64. The smallest absolute Gasteiger partial charge is 0.312 e. The topological polar surface area (TPSA) is 55.4 Å². The molecule has 0 fully saturated rings. The van der Waals surface area contributed by atoms with Crippen molar-refractivity contribution >= 4 is 27.8 Å². The summed E-state index contributed by atoms with van der Waals surface area (Å²) in [5.74, 6) is -0.201. The minimum atomic E-state index is -0.620. The Morgan fingerprint density at radius 1 is 1.47 bits per heavy atom. The van der Waals surface area contributed by atoms with Crippen LogP contribution in [0.25, 0.3) is 0 Å². The van der Waals surface area contributed by atoms with Crippen LogP contribution in [0.5, 0.6) is 0 Å². The maximum Gasteiger partial charge on any atom is 0.312 e. The van der Waals surface area contributed by atoms with Gasteiger partial charge in [0.1, 0.15) is 0 Å². The van der Waals surface area contributed by atoms with Crippen molar-refractivity contribution in [1.82, 2.24) is 5.32 Å². The summed E-state index contributed by atoms with van der Waals surface area (Å²) in [4.78, 5) is 22.4. The first-order chi connectivity index (χ1) is 6.73. The molecule has 0 heterocycles. The summed E-state index contributed by atoms with van der Waals surface area (Å²) in [6.45, 7) is 8.76. The largest absolute Gasteiger partial charge is 0.432 e. The van der Waals surface area contributed by atoms with Gasteiger partial charge in [-0.1, -0.05) is 22.5 Å². The third kappa shape index (κ3) is 7.13. The van der Waals surface area contributed by atoms with Crippen LogP contribution >= 0.6 is 15.9 Å². The molecule has 0 bridgehead atoms. The fourth-order valence-corrected chi connectivity index (χ4v) is 0.874. The Labute approximate surface area is 98.2 Å². The Morgan fingerprint density at radius 3 is 2.40 bits per heavy atom. The summed E-state index contributed by atoms with van der Waals surface area (Å²) in [5, 5.41) is 2.61. The van der Waals surface area contributed by atoms with Crippen LogP contribution in [0, 0.1) is 0 Å². The number of hydrogen-bond acceptors (Lipinski definition) is 3. The van der Waals surface area contributed by atoms with E-state index in [2.05, 4.69) is 27.8 Å². The van der Waals surface area contributed by atoms with E-state index in [-0.39, 0.29) is 18.9 Å². The van der Waals surface area contributed by atoms with Crippen LogP contribution in [-0.2, 0) is 14.3 Å².